The van der Waals surface area contributed by atoms with Gasteiger partial charge >= 0.3 is 0 Å². The molecule has 1 heterocycles. The van der Waals surface area contributed by atoms with E-state index >= 15 is 0 Å². The monoisotopic (exact) mass is 437 g/mol. The van der Waals surface area contributed by atoms with Crippen LogP contribution < -0.4 is 0 Å². The second kappa shape index (κ2) is 7.61. The Hall–Kier alpha value is -0.910. The summed E-state index contributed by atoms with van der Waals surface area (Å²) in [4.78, 5) is 0.520. The molecule has 3 nitrogen and oxygen atoms in total. The van der Waals surface area contributed by atoms with E-state index in [1.54, 1.807) is 4.31 Å². The molecule has 3 rings (SSSR count). The van der Waals surface area contributed by atoms with E-state index in [1.165, 1.54) is 4.48 Å². The molecule has 0 aromatic heterocycles. The third-order valence-corrected chi connectivity index (χ3v) is 9.04. The second-order valence-electron chi connectivity index (χ2n) is 7.61. The molecule has 5 heteroatoms. The molecular formula is C21H28BrNO2S. The lowest BCUT2D eigenvalue weighted by Gasteiger charge is -2.35. The molecule has 0 saturated carbocycles. The number of nitrogens with zero attached hydrogens (tertiary/aromatic N) is 1. The van der Waals surface area contributed by atoms with Crippen LogP contribution in [0.3, 0.4) is 0 Å². The lowest BCUT2D eigenvalue weighted by molar-refractivity contribution is 0.248. The van der Waals surface area contributed by atoms with E-state index in [2.05, 4.69) is 40.2 Å². The second-order valence-corrected chi connectivity index (χ2v) is 10.4. The Morgan fingerprint density at radius 3 is 2.15 bits per heavy atom. The molecule has 1 aliphatic heterocycles. The van der Waals surface area contributed by atoms with Crippen LogP contribution in [0.5, 0.6) is 0 Å². The number of allylic oxidation sites excluding steroid dienone is 4. The summed E-state index contributed by atoms with van der Waals surface area (Å²) in [5.41, 5.74) is 3.86. The van der Waals surface area contributed by atoms with Gasteiger partial charge in [-0.25, -0.2) is 8.42 Å². The van der Waals surface area contributed by atoms with E-state index in [9.17, 15) is 8.42 Å². The lowest BCUT2D eigenvalue weighted by Crippen LogP contribution is -2.40. The van der Waals surface area contributed by atoms with Gasteiger partial charge < -0.3 is 0 Å². The van der Waals surface area contributed by atoms with Crippen LogP contribution in [0.25, 0.3) is 0 Å². The van der Waals surface area contributed by atoms with Crippen LogP contribution in [0.15, 0.2) is 33.7 Å². The van der Waals surface area contributed by atoms with Crippen LogP contribution in [0.2, 0.25) is 0 Å². The van der Waals surface area contributed by atoms with Gasteiger partial charge in [0.15, 0.2) is 0 Å². The zero-order chi connectivity index (χ0) is 19.1. The molecule has 1 aromatic rings. The minimum Gasteiger partial charge on any atom is -0.207 e. The van der Waals surface area contributed by atoms with Gasteiger partial charge in [0.1, 0.15) is 0 Å². The van der Waals surface area contributed by atoms with E-state index < -0.39 is 10.0 Å². The number of sulfonamides is 1. The van der Waals surface area contributed by atoms with Crippen molar-refractivity contribution in [3.63, 3.8) is 0 Å². The third-order valence-electron chi connectivity index (χ3n) is 6.01. The predicted molar refractivity (Wildman–Crippen MR) is 111 cm³/mol. The molecule has 0 radical (unpaired) electrons. The summed E-state index contributed by atoms with van der Waals surface area (Å²) in [5, 5.41) is 0. The molecule has 1 atom stereocenters. The van der Waals surface area contributed by atoms with Crippen molar-refractivity contribution < 1.29 is 8.42 Å². The number of halogens is 1. The highest BCUT2D eigenvalue weighted by Crippen LogP contribution is 2.38. The Morgan fingerprint density at radius 2 is 1.62 bits per heavy atom. The first kappa shape index (κ1) is 19.8. The van der Waals surface area contributed by atoms with Crippen LogP contribution in [-0.2, 0) is 10.0 Å². The average molecular weight is 438 g/mol. The fourth-order valence-corrected chi connectivity index (χ4v) is 6.95. The van der Waals surface area contributed by atoms with Gasteiger partial charge in [0.25, 0.3) is 0 Å². The molecular weight excluding hydrogens is 410 g/mol. The van der Waals surface area contributed by atoms with E-state index in [1.807, 2.05) is 27.7 Å². The van der Waals surface area contributed by atoms with Crippen LogP contribution in [-0.4, -0.2) is 25.8 Å². The van der Waals surface area contributed by atoms with Crippen molar-refractivity contribution in [2.75, 3.05) is 13.1 Å². The summed E-state index contributed by atoms with van der Waals surface area (Å²) >= 11 is 3.69. The first-order valence-corrected chi connectivity index (χ1v) is 11.6. The molecule has 1 fully saturated rings. The lowest BCUT2D eigenvalue weighted by atomic mass is 9.83. The molecule has 26 heavy (non-hydrogen) atoms. The highest BCUT2D eigenvalue weighted by Gasteiger charge is 2.34. The minimum atomic E-state index is -3.45. The van der Waals surface area contributed by atoms with Crippen molar-refractivity contribution in [3.05, 3.63) is 51.0 Å². The third kappa shape index (κ3) is 3.58. The number of aryl methyl sites for hydroxylation is 2. The van der Waals surface area contributed by atoms with Crippen LogP contribution in [0, 0.1) is 39.5 Å². The number of hydrogen-bond acceptors (Lipinski definition) is 2. The van der Waals surface area contributed by atoms with E-state index in [4.69, 9.17) is 0 Å². The van der Waals surface area contributed by atoms with Crippen LogP contribution in [0.4, 0.5) is 0 Å². The SMILES string of the molecule is Cc1cc(C)c(C)c(S(=O)(=O)N2CCC(C3C=CCC=C3Br)CC2)c1C. The van der Waals surface area contributed by atoms with Crippen molar-refractivity contribution in [3.8, 4) is 0 Å². The topological polar surface area (TPSA) is 37.4 Å². The zero-order valence-corrected chi connectivity index (χ0v) is 18.5. The molecule has 0 N–H and O–H groups in total. The highest BCUT2D eigenvalue weighted by atomic mass is 79.9. The summed E-state index contributed by atoms with van der Waals surface area (Å²) in [7, 11) is -3.45. The Balaban J connectivity index is 1.82. The molecule has 142 valence electrons. The minimum absolute atomic E-state index is 0.401. The number of hydrogen-bond donors (Lipinski definition) is 0. The normalized spacial score (nSPS) is 22.5. The number of piperidine rings is 1. The molecule has 0 bridgehead atoms. The van der Waals surface area contributed by atoms with Gasteiger partial charge in [-0.2, -0.15) is 4.31 Å². The number of benzene rings is 1. The van der Waals surface area contributed by atoms with Crippen molar-refractivity contribution >= 4 is 26.0 Å². The summed E-state index contributed by atoms with van der Waals surface area (Å²) in [6.45, 7) is 9.04. The first-order valence-electron chi connectivity index (χ1n) is 9.33. The molecule has 1 saturated heterocycles. The van der Waals surface area contributed by atoms with E-state index in [0.717, 1.165) is 41.5 Å². The van der Waals surface area contributed by atoms with Gasteiger partial charge in [0.05, 0.1) is 4.90 Å². The molecule has 0 spiro atoms. The largest absolute Gasteiger partial charge is 0.243 e. The molecule has 0 amide bonds. The smallest absolute Gasteiger partial charge is 0.207 e. The fourth-order valence-electron chi connectivity index (χ4n) is 4.19. The predicted octanol–water partition coefficient (Wildman–Crippen LogP) is 5.18. The standard InChI is InChI=1S/C21H28BrNO2S/c1-14-13-15(2)17(4)21(16(14)3)26(24,25)23-11-9-18(10-12-23)19-7-5-6-8-20(19)22/h5,7-8,13,18-19H,6,9-12H2,1-4H3. The van der Waals surface area contributed by atoms with E-state index in [-0.39, 0.29) is 0 Å². The first-order chi connectivity index (χ1) is 12.2. The van der Waals surface area contributed by atoms with E-state index in [0.29, 0.717) is 29.8 Å². The molecule has 1 unspecified atom stereocenters. The number of rotatable bonds is 3. The van der Waals surface area contributed by atoms with Gasteiger partial charge in [-0.3, -0.25) is 0 Å². The summed E-state index contributed by atoms with van der Waals surface area (Å²) in [6, 6.07) is 2.08. The Bertz CT molecular complexity index is 836. The van der Waals surface area contributed by atoms with Gasteiger partial charge in [0, 0.05) is 19.0 Å². The maximum Gasteiger partial charge on any atom is 0.243 e. The molecule has 1 aliphatic carbocycles. The van der Waals surface area contributed by atoms with Gasteiger partial charge in [-0.1, -0.05) is 40.2 Å². The summed E-state index contributed by atoms with van der Waals surface area (Å²) in [6.07, 6.45) is 9.49. The fraction of sp³-hybridized carbons (Fsp3) is 0.524. The van der Waals surface area contributed by atoms with Crippen molar-refractivity contribution in [1.82, 2.24) is 4.31 Å². The van der Waals surface area contributed by atoms with Crippen LogP contribution in [0.1, 0.15) is 41.5 Å². The van der Waals surface area contributed by atoms with Gasteiger partial charge in [-0.15, -0.1) is 0 Å². The quantitative estimate of drug-likeness (QED) is 0.611. The van der Waals surface area contributed by atoms with Crippen molar-refractivity contribution in [1.29, 1.82) is 0 Å². The maximum absolute atomic E-state index is 13.4. The zero-order valence-electron chi connectivity index (χ0n) is 16.0. The van der Waals surface area contributed by atoms with Crippen molar-refractivity contribution in [2.45, 2.75) is 51.9 Å². The maximum atomic E-state index is 13.4. The van der Waals surface area contributed by atoms with Crippen molar-refractivity contribution in [2.24, 2.45) is 11.8 Å². The highest BCUT2D eigenvalue weighted by molar-refractivity contribution is 9.11. The molecule has 2 aliphatic rings. The average Bonchev–Trinajstić information content (AvgIpc) is 2.61. The van der Waals surface area contributed by atoms with Crippen LogP contribution >= 0.6 is 15.9 Å². The Morgan fingerprint density at radius 1 is 1.04 bits per heavy atom. The van der Waals surface area contributed by atoms with Gasteiger partial charge in [-0.05, 0) is 79.6 Å². The van der Waals surface area contributed by atoms with Gasteiger partial charge in [0.2, 0.25) is 10.0 Å². The Labute approximate surface area is 166 Å². The Kier molecular flexibility index (Phi) is 5.80. The summed E-state index contributed by atoms with van der Waals surface area (Å²) in [5.74, 6) is 0.906. The summed E-state index contributed by atoms with van der Waals surface area (Å²) < 4.78 is 29.7. The molecule has 1 aromatic carbocycles.